The minimum Gasteiger partial charge on any atom is -0.352 e. The monoisotopic (exact) mass is 253 g/mol. The van der Waals surface area contributed by atoms with Crippen LogP contribution < -0.4 is 10.6 Å². The Kier molecular flexibility index (Phi) is 5.01. The second kappa shape index (κ2) is 6.53. The molecular weight excluding hydrogens is 226 g/mol. The Balaban J connectivity index is 1.60. The first-order valence-electron chi connectivity index (χ1n) is 7.45. The van der Waals surface area contributed by atoms with Crippen molar-refractivity contribution in [2.45, 2.75) is 51.6 Å². The number of nitrogens with zero attached hydrogens (tertiary/aromatic N) is 1. The lowest BCUT2D eigenvalue weighted by atomic mass is 9.96. The molecule has 0 aromatic carbocycles. The van der Waals surface area contributed by atoms with Crippen molar-refractivity contribution in [3.8, 4) is 0 Å². The number of hydrogen-bond donors (Lipinski definition) is 2. The lowest BCUT2D eigenvalue weighted by Gasteiger charge is -2.31. The second-order valence-electron chi connectivity index (χ2n) is 5.79. The number of carbonyl (C=O) groups excluding carboxylic acids is 1. The molecule has 4 nitrogen and oxygen atoms in total. The molecule has 1 amide bonds. The van der Waals surface area contributed by atoms with Gasteiger partial charge in [-0.2, -0.15) is 0 Å². The fraction of sp³-hybridized carbons (Fsp3) is 0.929. The van der Waals surface area contributed by atoms with E-state index in [1.165, 1.54) is 32.5 Å². The molecule has 104 valence electrons. The number of carbonyl (C=O) groups is 1. The van der Waals surface area contributed by atoms with Crippen molar-refractivity contribution in [1.82, 2.24) is 15.5 Å². The van der Waals surface area contributed by atoms with E-state index in [1.54, 1.807) is 0 Å². The largest absolute Gasteiger partial charge is 0.352 e. The zero-order valence-corrected chi connectivity index (χ0v) is 11.7. The lowest BCUT2D eigenvalue weighted by molar-refractivity contribution is -0.122. The molecule has 2 aliphatic rings. The maximum Gasteiger partial charge on any atom is 0.237 e. The van der Waals surface area contributed by atoms with Crippen LogP contribution in [0.3, 0.4) is 0 Å². The molecule has 18 heavy (non-hydrogen) atoms. The van der Waals surface area contributed by atoms with Gasteiger partial charge in [0.2, 0.25) is 5.91 Å². The second-order valence-corrected chi connectivity index (χ2v) is 5.79. The van der Waals surface area contributed by atoms with Crippen LogP contribution in [0, 0.1) is 5.92 Å². The summed E-state index contributed by atoms with van der Waals surface area (Å²) in [5.74, 6) is 0.910. The molecule has 1 heterocycles. The van der Waals surface area contributed by atoms with Crippen LogP contribution in [0.25, 0.3) is 0 Å². The smallest absolute Gasteiger partial charge is 0.237 e. The molecule has 0 spiro atoms. The number of amides is 1. The normalized spacial score (nSPS) is 23.9. The summed E-state index contributed by atoms with van der Waals surface area (Å²) in [6.07, 6.45) is 4.84. The first-order valence-corrected chi connectivity index (χ1v) is 7.45. The Morgan fingerprint density at radius 3 is 2.50 bits per heavy atom. The molecule has 1 aliphatic heterocycles. The van der Waals surface area contributed by atoms with Gasteiger partial charge in [-0.1, -0.05) is 6.92 Å². The Bertz CT molecular complexity index is 270. The Morgan fingerprint density at radius 2 is 1.94 bits per heavy atom. The number of nitrogens with one attached hydrogen (secondary N) is 2. The minimum absolute atomic E-state index is 0.0465. The third-order valence-electron chi connectivity index (χ3n) is 4.18. The van der Waals surface area contributed by atoms with Gasteiger partial charge in [0.1, 0.15) is 0 Å². The number of rotatable bonds is 6. The van der Waals surface area contributed by atoms with Crippen molar-refractivity contribution in [2.24, 2.45) is 5.92 Å². The number of likely N-dealkylation sites (tertiary alicyclic amines) is 1. The lowest BCUT2D eigenvalue weighted by Crippen LogP contribution is -2.46. The van der Waals surface area contributed by atoms with Gasteiger partial charge in [-0.05, 0) is 64.7 Å². The summed E-state index contributed by atoms with van der Waals surface area (Å²) in [4.78, 5) is 14.3. The molecule has 1 saturated heterocycles. The quantitative estimate of drug-likeness (QED) is 0.741. The predicted molar refractivity (Wildman–Crippen MR) is 73.5 cm³/mol. The van der Waals surface area contributed by atoms with E-state index in [9.17, 15) is 4.79 Å². The first-order chi connectivity index (χ1) is 8.69. The highest BCUT2D eigenvalue weighted by molar-refractivity contribution is 5.81. The Labute approximate surface area is 110 Å². The van der Waals surface area contributed by atoms with E-state index < -0.39 is 0 Å². The molecule has 1 unspecified atom stereocenters. The van der Waals surface area contributed by atoms with Gasteiger partial charge >= 0.3 is 0 Å². The average molecular weight is 253 g/mol. The standard InChI is InChI=1S/C14H27N3O/c1-3-17-8-6-12(7-9-17)10-15-11(2)14(18)16-13-4-5-13/h11-13,15H,3-10H2,1-2H3,(H,16,18). The fourth-order valence-corrected chi connectivity index (χ4v) is 2.50. The molecule has 1 saturated carbocycles. The van der Waals surface area contributed by atoms with Gasteiger partial charge in [0.15, 0.2) is 0 Å². The summed E-state index contributed by atoms with van der Waals surface area (Å²) in [7, 11) is 0. The van der Waals surface area contributed by atoms with Gasteiger partial charge in [-0.15, -0.1) is 0 Å². The van der Waals surface area contributed by atoms with E-state index >= 15 is 0 Å². The maximum atomic E-state index is 11.8. The molecular formula is C14H27N3O. The van der Waals surface area contributed by atoms with E-state index in [4.69, 9.17) is 0 Å². The van der Waals surface area contributed by atoms with Crippen LogP contribution >= 0.6 is 0 Å². The molecule has 0 aromatic rings. The van der Waals surface area contributed by atoms with Crippen molar-refractivity contribution in [1.29, 1.82) is 0 Å². The zero-order valence-electron chi connectivity index (χ0n) is 11.7. The van der Waals surface area contributed by atoms with Crippen LogP contribution in [-0.4, -0.2) is 49.1 Å². The molecule has 0 radical (unpaired) electrons. The minimum atomic E-state index is -0.0465. The van der Waals surface area contributed by atoms with Crippen LogP contribution in [-0.2, 0) is 4.79 Å². The molecule has 4 heteroatoms. The summed E-state index contributed by atoms with van der Waals surface area (Å²) in [6.45, 7) is 8.77. The summed E-state index contributed by atoms with van der Waals surface area (Å²) in [5.41, 5.74) is 0. The maximum absolute atomic E-state index is 11.8. The Hall–Kier alpha value is -0.610. The van der Waals surface area contributed by atoms with Crippen molar-refractivity contribution in [2.75, 3.05) is 26.2 Å². The molecule has 0 bridgehead atoms. The topological polar surface area (TPSA) is 44.4 Å². The summed E-state index contributed by atoms with van der Waals surface area (Å²) >= 11 is 0. The third-order valence-corrected chi connectivity index (χ3v) is 4.18. The van der Waals surface area contributed by atoms with Crippen molar-refractivity contribution >= 4 is 5.91 Å². The van der Waals surface area contributed by atoms with Crippen LogP contribution in [0.5, 0.6) is 0 Å². The van der Waals surface area contributed by atoms with Crippen molar-refractivity contribution in [3.05, 3.63) is 0 Å². The van der Waals surface area contributed by atoms with Crippen LogP contribution in [0.15, 0.2) is 0 Å². The van der Waals surface area contributed by atoms with Crippen molar-refractivity contribution in [3.63, 3.8) is 0 Å². The van der Waals surface area contributed by atoms with Crippen molar-refractivity contribution < 1.29 is 4.79 Å². The predicted octanol–water partition coefficient (Wildman–Crippen LogP) is 0.975. The molecule has 1 aliphatic carbocycles. The molecule has 2 rings (SSSR count). The van der Waals surface area contributed by atoms with E-state index in [0.29, 0.717) is 6.04 Å². The highest BCUT2D eigenvalue weighted by Gasteiger charge is 2.26. The molecule has 2 fully saturated rings. The first kappa shape index (κ1) is 13.8. The summed E-state index contributed by atoms with van der Waals surface area (Å²) < 4.78 is 0. The van der Waals surface area contributed by atoms with E-state index in [0.717, 1.165) is 25.3 Å². The fourth-order valence-electron chi connectivity index (χ4n) is 2.50. The van der Waals surface area contributed by atoms with E-state index in [1.807, 2.05) is 6.92 Å². The summed E-state index contributed by atoms with van der Waals surface area (Å²) in [6, 6.07) is 0.421. The van der Waals surface area contributed by atoms with Gasteiger partial charge < -0.3 is 15.5 Å². The van der Waals surface area contributed by atoms with Gasteiger partial charge in [0, 0.05) is 6.04 Å². The number of hydrogen-bond acceptors (Lipinski definition) is 3. The molecule has 1 atom stereocenters. The van der Waals surface area contributed by atoms with Crippen LogP contribution in [0.2, 0.25) is 0 Å². The van der Waals surface area contributed by atoms with E-state index in [2.05, 4.69) is 22.5 Å². The van der Waals surface area contributed by atoms with Gasteiger partial charge in [0.25, 0.3) is 0 Å². The van der Waals surface area contributed by atoms with Crippen LogP contribution in [0.1, 0.15) is 39.5 Å². The van der Waals surface area contributed by atoms with Gasteiger partial charge in [-0.3, -0.25) is 4.79 Å². The highest BCUT2D eigenvalue weighted by Crippen LogP contribution is 2.19. The Morgan fingerprint density at radius 1 is 1.28 bits per heavy atom. The van der Waals surface area contributed by atoms with Gasteiger partial charge in [-0.25, -0.2) is 0 Å². The van der Waals surface area contributed by atoms with Gasteiger partial charge in [0.05, 0.1) is 6.04 Å². The SMILES string of the molecule is CCN1CCC(CNC(C)C(=O)NC2CC2)CC1. The third kappa shape index (κ3) is 4.25. The highest BCUT2D eigenvalue weighted by atomic mass is 16.2. The molecule has 2 N–H and O–H groups in total. The van der Waals surface area contributed by atoms with E-state index in [-0.39, 0.29) is 11.9 Å². The molecule has 0 aromatic heterocycles. The summed E-state index contributed by atoms with van der Waals surface area (Å²) in [5, 5.41) is 6.44. The number of piperidine rings is 1. The zero-order chi connectivity index (χ0) is 13.0. The average Bonchev–Trinajstić information content (AvgIpc) is 3.20. The van der Waals surface area contributed by atoms with Crippen LogP contribution in [0.4, 0.5) is 0 Å².